The largest absolute Gasteiger partial charge is 0.497 e. The summed E-state index contributed by atoms with van der Waals surface area (Å²) >= 11 is 0. The van der Waals surface area contributed by atoms with Crippen LogP contribution in [-0.4, -0.2) is 25.2 Å². The molecule has 0 aromatic heterocycles. The van der Waals surface area contributed by atoms with E-state index in [-0.39, 0.29) is 35.0 Å². The molecule has 5 rings (SSSR count). The lowest BCUT2D eigenvalue weighted by atomic mass is 9.60. The van der Waals surface area contributed by atoms with Crippen LogP contribution >= 0.6 is 0 Å². The van der Waals surface area contributed by atoms with Crippen molar-refractivity contribution >= 4 is 22.7 Å². The normalized spacial score (nSPS) is 34.0. The van der Waals surface area contributed by atoms with E-state index in [1.54, 1.807) is 7.11 Å². The Balaban J connectivity index is 1.71. The summed E-state index contributed by atoms with van der Waals surface area (Å²) in [5, 5.41) is 2.18. The maximum absolute atomic E-state index is 12.0. The monoisotopic (exact) mass is 394 g/mol. The second kappa shape index (κ2) is 5.97. The molecule has 2 saturated carbocycles. The number of rotatable bonds is 3. The Hall–Kier alpha value is -2.56. The number of fused-ring (bicyclic) bond motifs is 3. The Bertz CT molecular complexity index is 1040. The first kappa shape index (κ1) is 18.5. The summed E-state index contributed by atoms with van der Waals surface area (Å²) in [6.07, 6.45) is 2.15. The van der Waals surface area contributed by atoms with Gasteiger partial charge in [-0.1, -0.05) is 25.1 Å². The van der Waals surface area contributed by atoms with E-state index in [2.05, 4.69) is 25.1 Å². The van der Waals surface area contributed by atoms with Crippen molar-refractivity contribution in [2.45, 2.75) is 57.7 Å². The first-order valence-corrected chi connectivity index (χ1v) is 10.3. The number of carbonyl (C=O) groups excluding carboxylic acids is 2. The summed E-state index contributed by atoms with van der Waals surface area (Å²) in [6, 6.07) is 10.4. The van der Waals surface area contributed by atoms with Crippen LogP contribution in [0.5, 0.6) is 5.75 Å². The topological polar surface area (TPSA) is 61.8 Å². The molecule has 0 radical (unpaired) electrons. The highest BCUT2D eigenvalue weighted by Gasteiger charge is 2.76. The SMILES string of the molecule is COc1ccc2c3c(ccc2c1)[C@]12C[C@H]1C[C@@H](OC(C)=O)[C@@]2(C)C[C@H]3OC(C)=O. The third kappa shape index (κ3) is 2.39. The second-order valence-corrected chi connectivity index (χ2v) is 9.04. The van der Waals surface area contributed by atoms with Gasteiger partial charge in [0.25, 0.3) is 0 Å². The van der Waals surface area contributed by atoms with Gasteiger partial charge in [-0.05, 0) is 53.6 Å². The molecule has 0 amide bonds. The Labute approximate surface area is 170 Å². The molecule has 0 heterocycles. The van der Waals surface area contributed by atoms with Gasteiger partial charge in [0.15, 0.2) is 0 Å². The molecule has 5 nitrogen and oxygen atoms in total. The van der Waals surface area contributed by atoms with Crippen LogP contribution in [0.1, 0.15) is 57.3 Å². The summed E-state index contributed by atoms with van der Waals surface area (Å²) in [5.41, 5.74) is 2.13. The van der Waals surface area contributed by atoms with E-state index >= 15 is 0 Å². The van der Waals surface area contributed by atoms with Gasteiger partial charge in [0.05, 0.1) is 7.11 Å². The minimum atomic E-state index is -0.354. The van der Waals surface area contributed by atoms with Crippen LogP contribution in [0.25, 0.3) is 10.8 Å². The molecule has 0 aliphatic heterocycles. The summed E-state index contributed by atoms with van der Waals surface area (Å²) in [6.45, 7) is 5.14. The molecular weight excluding hydrogens is 368 g/mol. The molecule has 0 N–H and O–H groups in total. The smallest absolute Gasteiger partial charge is 0.303 e. The maximum atomic E-state index is 12.0. The van der Waals surface area contributed by atoms with Crippen molar-refractivity contribution in [1.82, 2.24) is 0 Å². The highest BCUT2D eigenvalue weighted by molar-refractivity contribution is 5.90. The number of carbonyl (C=O) groups is 2. The zero-order valence-corrected chi connectivity index (χ0v) is 17.3. The summed E-state index contributed by atoms with van der Waals surface area (Å²) in [5.74, 6) is 0.776. The van der Waals surface area contributed by atoms with E-state index in [9.17, 15) is 9.59 Å². The van der Waals surface area contributed by atoms with E-state index in [0.29, 0.717) is 12.3 Å². The molecule has 3 aliphatic carbocycles. The number of benzene rings is 2. The molecular formula is C24H26O5. The van der Waals surface area contributed by atoms with E-state index in [1.807, 2.05) is 12.1 Å². The zero-order chi connectivity index (χ0) is 20.6. The van der Waals surface area contributed by atoms with Crippen molar-refractivity contribution in [2.75, 3.05) is 7.11 Å². The van der Waals surface area contributed by atoms with Crippen LogP contribution in [0.15, 0.2) is 30.3 Å². The standard InChI is InChI=1S/C24H26O5/c1-13(25)28-20-12-23(3)21(29-14(2)26)10-16-11-24(16,23)19-8-5-15-9-17(27-4)6-7-18(15)22(19)20/h5-9,16,20-21H,10-12H2,1-4H3/t16-,20-,21-,23-,24+/m1/s1. The number of hydrogen-bond donors (Lipinski definition) is 0. The minimum absolute atomic E-state index is 0.00673. The number of hydrogen-bond acceptors (Lipinski definition) is 5. The lowest BCUT2D eigenvalue weighted by Crippen LogP contribution is -2.46. The lowest BCUT2D eigenvalue weighted by Gasteiger charge is -2.47. The third-order valence-electron chi connectivity index (χ3n) is 7.63. The van der Waals surface area contributed by atoms with Gasteiger partial charge in [-0.25, -0.2) is 0 Å². The molecule has 152 valence electrons. The van der Waals surface area contributed by atoms with Crippen molar-refractivity contribution in [1.29, 1.82) is 0 Å². The Morgan fingerprint density at radius 2 is 1.79 bits per heavy atom. The van der Waals surface area contributed by atoms with Crippen molar-refractivity contribution < 1.29 is 23.8 Å². The number of ether oxygens (including phenoxy) is 3. The average Bonchev–Trinajstić information content (AvgIpc) is 3.33. The Morgan fingerprint density at radius 1 is 1.03 bits per heavy atom. The van der Waals surface area contributed by atoms with Crippen LogP contribution in [0, 0.1) is 11.3 Å². The fourth-order valence-corrected chi connectivity index (χ4v) is 6.43. The molecule has 0 saturated heterocycles. The molecule has 1 spiro atoms. The van der Waals surface area contributed by atoms with Gasteiger partial charge >= 0.3 is 11.9 Å². The van der Waals surface area contributed by atoms with Crippen LogP contribution in [0.4, 0.5) is 0 Å². The van der Waals surface area contributed by atoms with E-state index < -0.39 is 0 Å². The van der Waals surface area contributed by atoms with Gasteiger partial charge in [0.1, 0.15) is 18.0 Å². The first-order valence-electron chi connectivity index (χ1n) is 10.3. The minimum Gasteiger partial charge on any atom is -0.497 e. The number of esters is 2. The highest BCUT2D eigenvalue weighted by Crippen LogP contribution is 2.78. The van der Waals surface area contributed by atoms with Crippen molar-refractivity contribution in [3.05, 3.63) is 41.5 Å². The quantitative estimate of drug-likeness (QED) is 0.720. The summed E-state index contributed by atoms with van der Waals surface area (Å²) in [7, 11) is 1.66. The number of methoxy groups -OCH3 is 1. The fourth-order valence-electron chi connectivity index (χ4n) is 6.43. The van der Waals surface area contributed by atoms with Crippen molar-refractivity contribution in [3.8, 4) is 5.75 Å². The van der Waals surface area contributed by atoms with Gasteiger partial charge < -0.3 is 14.2 Å². The molecule has 3 aliphatic rings. The molecule has 2 aromatic carbocycles. The lowest BCUT2D eigenvalue weighted by molar-refractivity contribution is -0.160. The van der Waals surface area contributed by atoms with Crippen LogP contribution in [0.2, 0.25) is 0 Å². The second-order valence-electron chi connectivity index (χ2n) is 9.04. The van der Waals surface area contributed by atoms with Gasteiger partial charge in [-0.15, -0.1) is 0 Å². The Kier molecular flexibility index (Phi) is 3.80. The summed E-state index contributed by atoms with van der Waals surface area (Å²) < 4.78 is 17.0. The zero-order valence-electron chi connectivity index (χ0n) is 17.3. The van der Waals surface area contributed by atoms with E-state index in [4.69, 9.17) is 14.2 Å². The summed E-state index contributed by atoms with van der Waals surface area (Å²) in [4.78, 5) is 23.7. The first-order chi connectivity index (χ1) is 13.8. The predicted octanol–water partition coefficient (Wildman–Crippen LogP) is 4.46. The van der Waals surface area contributed by atoms with Gasteiger partial charge in [0.2, 0.25) is 0 Å². The van der Waals surface area contributed by atoms with Gasteiger partial charge in [0, 0.05) is 30.2 Å². The molecule has 29 heavy (non-hydrogen) atoms. The van der Waals surface area contributed by atoms with Gasteiger partial charge in [-0.2, -0.15) is 0 Å². The average molecular weight is 394 g/mol. The molecule has 0 unspecified atom stereocenters. The van der Waals surface area contributed by atoms with Crippen molar-refractivity contribution in [3.63, 3.8) is 0 Å². The Morgan fingerprint density at radius 3 is 2.48 bits per heavy atom. The molecule has 5 atom stereocenters. The van der Waals surface area contributed by atoms with Crippen LogP contribution < -0.4 is 4.74 Å². The molecule has 0 bridgehead atoms. The van der Waals surface area contributed by atoms with E-state index in [1.165, 1.54) is 19.4 Å². The molecule has 2 fully saturated rings. The third-order valence-corrected chi connectivity index (χ3v) is 7.63. The van der Waals surface area contributed by atoms with Crippen LogP contribution in [-0.2, 0) is 24.5 Å². The highest BCUT2D eigenvalue weighted by atomic mass is 16.6. The molecule has 2 aromatic rings. The van der Waals surface area contributed by atoms with Crippen molar-refractivity contribution in [2.24, 2.45) is 11.3 Å². The fraction of sp³-hybridized carbons (Fsp3) is 0.500. The van der Waals surface area contributed by atoms with Gasteiger partial charge in [-0.3, -0.25) is 9.59 Å². The van der Waals surface area contributed by atoms with E-state index in [0.717, 1.165) is 34.9 Å². The predicted molar refractivity (Wildman–Crippen MR) is 108 cm³/mol. The van der Waals surface area contributed by atoms with Crippen LogP contribution in [0.3, 0.4) is 0 Å². The maximum Gasteiger partial charge on any atom is 0.303 e. The molecule has 5 heteroatoms.